The van der Waals surface area contributed by atoms with Crippen molar-refractivity contribution in [1.82, 2.24) is 0 Å². The van der Waals surface area contributed by atoms with Crippen molar-refractivity contribution in [3.8, 4) is 0 Å². The molecule has 0 bridgehead atoms. The summed E-state index contributed by atoms with van der Waals surface area (Å²) < 4.78 is 0. The van der Waals surface area contributed by atoms with Crippen molar-refractivity contribution in [2.45, 2.75) is 26.2 Å². The highest BCUT2D eigenvalue weighted by Gasteiger charge is 2.20. The van der Waals surface area contributed by atoms with E-state index in [2.05, 4.69) is 20.8 Å². The molecule has 0 saturated heterocycles. The fraction of sp³-hybridized carbons (Fsp3) is 0.444. The molecule has 1 nitrogen and oxygen atoms in total. The zero-order chi connectivity index (χ0) is 9.35. The topological polar surface area (TPSA) is 17.1 Å². The Morgan fingerprint density at radius 3 is 2.33 bits per heavy atom. The van der Waals surface area contributed by atoms with Gasteiger partial charge >= 0.3 is 0 Å². The molecular weight excluding hydrogens is 192 g/mol. The van der Waals surface area contributed by atoms with Gasteiger partial charge in [-0.2, -0.15) is 0 Å². The van der Waals surface area contributed by atoms with Crippen LogP contribution in [0.2, 0.25) is 5.02 Å². The number of hydrogen-bond donors (Lipinski definition) is 0. The van der Waals surface area contributed by atoms with Gasteiger partial charge in [0.15, 0.2) is 6.29 Å². The average molecular weight is 203 g/mol. The van der Waals surface area contributed by atoms with E-state index >= 15 is 0 Å². The van der Waals surface area contributed by atoms with Gasteiger partial charge in [0.05, 0.1) is 9.90 Å². The molecule has 0 spiro atoms. The second-order valence-electron chi connectivity index (χ2n) is 3.69. The van der Waals surface area contributed by atoms with Crippen LogP contribution in [-0.4, -0.2) is 6.29 Å². The molecule has 0 amide bonds. The largest absolute Gasteiger partial charge is 0.297 e. The molecule has 1 rings (SSSR count). The fourth-order valence-electron chi connectivity index (χ4n) is 0.956. The van der Waals surface area contributed by atoms with Crippen molar-refractivity contribution in [2.75, 3.05) is 0 Å². The minimum atomic E-state index is 0.0308. The van der Waals surface area contributed by atoms with E-state index in [0.29, 0.717) is 9.90 Å². The zero-order valence-corrected chi connectivity index (χ0v) is 8.92. The molecule has 0 fully saturated rings. The third-order valence-corrected chi connectivity index (χ3v) is 3.40. The Hall–Kier alpha value is -0.340. The molecule has 0 N–H and O–H groups in total. The summed E-state index contributed by atoms with van der Waals surface area (Å²) in [5.41, 5.74) is 0.0308. The Bertz CT molecular complexity index is 296. The number of halogens is 1. The van der Waals surface area contributed by atoms with Crippen LogP contribution in [0, 0.1) is 0 Å². The third kappa shape index (κ3) is 1.87. The van der Waals surface area contributed by atoms with Crippen LogP contribution in [0.4, 0.5) is 0 Å². The lowest BCUT2D eigenvalue weighted by atomic mass is 9.95. The van der Waals surface area contributed by atoms with Crippen LogP contribution in [0.25, 0.3) is 0 Å². The Kier molecular flexibility index (Phi) is 2.59. The molecule has 0 radical (unpaired) electrons. The van der Waals surface area contributed by atoms with Crippen molar-refractivity contribution in [3.63, 3.8) is 0 Å². The van der Waals surface area contributed by atoms with Crippen molar-refractivity contribution < 1.29 is 4.79 Å². The monoisotopic (exact) mass is 202 g/mol. The lowest BCUT2D eigenvalue weighted by molar-refractivity contribution is 0.112. The zero-order valence-electron chi connectivity index (χ0n) is 7.35. The van der Waals surface area contributed by atoms with Crippen LogP contribution in [0.5, 0.6) is 0 Å². The molecule has 0 saturated carbocycles. The predicted molar refractivity (Wildman–Crippen MR) is 53.4 cm³/mol. The van der Waals surface area contributed by atoms with Gasteiger partial charge in [0.25, 0.3) is 0 Å². The van der Waals surface area contributed by atoms with Crippen LogP contribution in [0.3, 0.4) is 0 Å². The highest BCUT2D eigenvalue weighted by molar-refractivity contribution is 7.14. The summed E-state index contributed by atoms with van der Waals surface area (Å²) in [7, 11) is 0. The van der Waals surface area contributed by atoms with E-state index < -0.39 is 0 Å². The maximum Gasteiger partial charge on any atom is 0.160 e. The number of thiophene rings is 1. The highest BCUT2D eigenvalue weighted by Crippen LogP contribution is 2.35. The number of rotatable bonds is 1. The average Bonchev–Trinajstić information content (AvgIpc) is 2.29. The molecule has 1 heterocycles. The van der Waals surface area contributed by atoms with E-state index in [9.17, 15) is 4.79 Å². The molecule has 0 aliphatic rings. The van der Waals surface area contributed by atoms with Crippen LogP contribution in [0.1, 0.15) is 35.3 Å². The summed E-state index contributed by atoms with van der Waals surface area (Å²) in [6.45, 7) is 6.25. The van der Waals surface area contributed by atoms with E-state index in [4.69, 9.17) is 11.6 Å². The van der Waals surface area contributed by atoms with Gasteiger partial charge in [-0.3, -0.25) is 4.79 Å². The number of carbonyl (C=O) groups is 1. The lowest BCUT2D eigenvalue weighted by Crippen LogP contribution is -2.08. The molecular formula is C9H11ClOS. The molecule has 0 aliphatic heterocycles. The molecule has 0 unspecified atom stereocenters. The van der Waals surface area contributed by atoms with Crippen LogP contribution in [0.15, 0.2) is 6.07 Å². The van der Waals surface area contributed by atoms with Gasteiger partial charge in [-0.15, -0.1) is 11.3 Å². The third-order valence-electron chi connectivity index (χ3n) is 1.50. The molecule has 0 aromatic carbocycles. The van der Waals surface area contributed by atoms with Crippen molar-refractivity contribution in [3.05, 3.63) is 20.8 Å². The molecule has 0 atom stereocenters. The minimum Gasteiger partial charge on any atom is -0.297 e. The van der Waals surface area contributed by atoms with Gasteiger partial charge in [0.2, 0.25) is 0 Å². The lowest BCUT2D eigenvalue weighted by Gasteiger charge is -2.16. The Balaban J connectivity index is 3.16. The Morgan fingerprint density at radius 1 is 1.50 bits per heavy atom. The first-order chi connectivity index (χ1) is 5.45. The standard InChI is InChI=1S/C9H11ClOS/c1-9(2,3)8-7(10)4-6(5-11)12-8/h4-5H,1-3H3. The number of hydrogen-bond acceptors (Lipinski definition) is 2. The second-order valence-corrected chi connectivity index (χ2v) is 5.18. The molecule has 3 heteroatoms. The van der Waals surface area contributed by atoms with E-state index in [1.807, 2.05) is 0 Å². The van der Waals surface area contributed by atoms with E-state index in [1.165, 1.54) is 11.3 Å². The maximum atomic E-state index is 10.5. The quantitative estimate of drug-likeness (QED) is 0.637. The van der Waals surface area contributed by atoms with Gasteiger partial charge in [-0.1, -0.05) is 32.4 Å². The highest BCUT2D eigenvalue weighted by atomic mass is 35.5. The maximum absolute atomic E-state index is 10.5. The molecule has 1 aromatic rings. The summed E-state index contributed by atoms with van der Waals surface area (Å²) in [6, 6.07) is 1.72. The normalized spacial score (nSPS) is 11.7. The van der Waals surface area contributed by atoms with Crippen LogP contribution in [-0.2, 0) is 5.41 Å². The van der Waals surface area contributed by atoms with Crippen LogP contribution >= 0.6 is 22.9 Å². The fourth-order valence-corrected chi connectivity index (χ4v) is 2.46. The van der Waals surface area contributed by atoms with E-state index in [1.54, 1.807) is 6.07 Å². The van der Waals surface area contributed by atoms with E-state index in [0.717, 1.165) is 11.2 Å². The number of carbonyl (C=O) groups excluding carboxylic acids is 1. The first-order valence-electron chi connectivity index (χ1n) is 3.70. The van der Waals surface area contributed by atoms with Gasteiger partial charge in [0.1, 0.15) is 0 Å². The van der Waals surface area contributed by atoms with Gasteiger partial charge in [-0.25, -0.2) is 0 Å². The second kappa shape index (κ2) is 3.19. The molecule has 12 heavy (non-hydrogen) atoms. The smallest absolute Gasteiger partial charge is 0.160 e. The van der Waals surface area contributed by atoms with Gasteiger partial charge < -0.3 is 0 Å². The summed E-state index contributed by atoms with van der Waals surface area (Å²) >= 11 is 7.43. The predicted octanol–water partition coefficient (Wildman–Crippen LogP) is 3.51. The molecule has 0 aliphatic carbocycles. The van der Waals surface area contributed by atoms with Crippen molar-refractivity contribution in [1.29, 1.82) is 0 Å². The Morgan fingerprint density at radius 2 is 2.08 bits per heavy atom. The van der Waals surface area contributed by atoms with Crippen molar-refractivity contribution >= 4 is 29.2 Å². The minimum absolute atomic E-state index is 0.0308. The van der Waals surface area contributed by atoms with Gasteiger partial charge in [-0.05, 0) is 11.5 Å². The van der Waals surface area contributed by atoms with E-state index in [-0.39, 0.29) is 5.41 Å². The molecule has 1 aromatic heterocycles. The summed E-state index contributed by atoms with van der Waals surface area (Å²) in [5, 5.41) is 0.703. The summed E-state index contributed by atoms with van der Waals surface area (Å²) in [5.74, 6) is 0. The molecule has 66 valence electrons. The van der Waals surface area contributed by atoms with Crippen molar-refractivity contribution in [2.24, 2.45) is 0 Å². The van der Waals surface area contributed by atoms with Crippen LogP contribution < -0.4 is 0 Å². The first-order valence-corrected chi connectivity index (χ1v) is 4.89. The first kappa shape index (κ1) is 9.75. The number of aldehydes is 1. The summed E-state index contributed by atoms with van der Waals surface area (Å²) in [4.78, 5) is 12.2. The summed E-state index contributed by atoms with van der Waals surface area (Å²) in [6.07, 6.45) is 0.839. The van der Waals surface area contributed by atoms with Gasteiger partial charge in [0, 0.05) is 4.88 Å². The Labute approximate surface area is 81.4 Å². The SMILES string of the molecule is CC(C)(C)c1sc(C=O)cc1Cl.